The first-order valence-electron chi connectivity index (χ1n) is 9.25. The fourth-order valence-corrected chi connectivity index (χ4v) is 3.41. The molecule has 2 aromatic rings. The fourth-order valence-electron chi connectivity index (χ4n) is 3.41. The van der Waals surface area contributed by atoms with Crippen molar-refractivity contribution in [2.45, 2.75) is 63.9 Å². The third-order valence-electron chi connectivity index (χ3n) is 5.05. The van der Waals surface area contributed by atoms with Crippen LogP contribution in [0.5, 0.6) is 5.75 Å². The van der Waals surface area contributed by atoms with Gasteiger partial charge in [-0.25, -0.2) is 0 Å². The zero-order valence-electron chi connectivity index (χ0n) is 14.6. The van der Waals surface area contributed by atoms with Crippen molar-refractivity contribution in [3.8, 4) is 5.75 Å². The SMILES string of the molecule is Cc1noc(C2CC2)c1NC(=O)c1ccc(OC2CCCCC2)cc1. The van der Waals surface area contributed by atoms with E-state index in [2.05, 4.69) is 10.5 Å². The molecule has 132 valence electrons. The van der Waals surface area contributed by atoms with Gasteiger partial charge >= 0.3 is 0 Å². The van der Waals surface area contributed by atoms with E-state index in [-0.39, 0.29) is 5.91 Å². The molecule has 1 heterocycles. The molecule has 0 radical (unpaired) electrons. The Kier molecular flexibility index (Phi) is 4.47. The molecular formula is C20H24N2O3. The molecule has 0 bridgehead atoms. The monoisotopic (exact) mass is 340 g/mol. The molecule has 0 aliphatic heterocycles. The molecular weight excluding hydrogens is 316 g/mol. The highest BCUT2D eigenvalue weighted by atomic mass is 16.5. The van der Waals surface area contributed by atoms with Gasteiger partial charge in [0, 0.05) is 11.5 Å². The molecule has 1 amide bonds. The predicted molar refractivity (Wildman–Crippen MR) is 95.1 cm³/mol. The molecule has 0 atom stereocenters. The number of carbonyl (C=O) groups is 1. The van der Waals surface area contributed by atoms with E-state index in [9.17, 15) is 4.79 Å². The summed E-state index contributed by atoms with van der Waals surface area (Å²) in [5.74, 6) is 1.91. The molecule has 1 N–H and O–H groups in total. The van der Waals surface area contributed by atoms with Crippen LogP contribution in [0.4, 0.5) is 5.69 Å². The van der Waals surface area contributed by atoms with Gasteiger partial charge in [0.05, 0.1) is 6.10 Å². The van der Waals surface area contributed by atoms with Crippen molar-refractivity contribution in [3.05, 3.63) is 41.3 Å². The number of carbonyl (C=O) groups excluding carboxylic acids is 1. The van der Waals surface area contributed by atoms with Crippen LogP contribution in [-0.2, 0) is 0 Å². The Morgan fingerprint density at radius 1 is 1.12 bits per heavy atom. The number of aromatic nitrogens is 1. The van der Waals surface area contributed by atoms with Crippen molar-refractivity contribution in [2.24, 2.45) is 0 Å². The maximum absolute atomic E-state index is 12.5. The van der Waals surface area contributed by atoms with Crippen LogP contribution in [0.15, 0.2) is 28.8 Å². The van der Waals surface area contributed by atoms with Gasteiger partial charge in [0.2, 0.25) is 0 Å². The van der Waals surface area contributed by atoms with Crippen molar-refractivity contribution in [1.29, 1.82) is 0 Å². The minimum absolute atomic E-state index is 0.141. The average Bonchev–Trinajstić information content (AvgIpc) is 3.41. The second-order valence-electron chi connectivity index (χ2n) is 7.14. The van der Waals surface area contributed by atoms with Crippen molar-refractivity contribution in [2.75, 3.05) is 5.32 Å². The Balaban J connectivity index is 1.41. The standard InChI is InChI=1S/C20H24N2O3/c1-13-18(19(25-22-13)14-7-8-14)21-20(23)15-9-11-17(12-10-15)24-16-5-3-2-4-6-16/h9-12,14,16H,2-8H2,1H3,(H,21,23). The maximum Gasteiger partial charge on any atom is 0.255 e. The van der Waals surface area contributed by atoms with Crippen molar-refractivity contribution in [1.82, 2.24) is 5.16 Å². The number of aryl methyl sites for hydroxylation is 1. The van der Waals surface area contributed by atoms with Crippen LogP contribution in [0.25, 0.3) is 0 Å². The average molecular weight is 340 g/mol. The molecule has 2 fully saturated rings. The second kappa shape index (κ2) is 6.90. The first kappa shape index (κ1) is 16.2. The van der Waals surface area contributed by atoms with Gasteiger partial charge in [-0.1, -0.05) is 11.6 Å². The molecule has 2 saturated carbocycles. The summed E-state index contributed by atoms with van der Waals surface area (Å²) in [5.41, 5.74) is 2.07. The highest BCUT2D eigenvalue weighted by Crippen LogP contribution is 2.44. The Morgan fingerprint density at radius 3 is 2.52 bits per heavy atom. The number of hydrogen-bond acceptors (Lipinski definition) is 4. The van der Waals surface area contributed by atoms with Gasteiger partial charge in [-0.05, 0) is 69.7 Å². The molecule has 4 rings (SSSR count). The van der Waals surface area contributed by atoms with Crippen LogP contribution in [0.2, 0.25) is 0 Å². The topological polar surface area (TPSA) is 64.4 Å². The number of nitrogens with zero attached hydrogens (tertiary/aromatic N) is 1. The third-order valence-corrected chi connectivity index (χ3v) is 5.05. The first-order valence-corrected chi connectivity index (χ1v) is 9.25. The van der Waals surface area contributed by atoms with E-state index >= 15 is 0 Å². The number of hydrogen-bond donors (Lipinski definition) is 1. The summed E-state index contributed by atoms with van der Waals surface area (Å²) in [6, 6.07) is 7.39. The van der Waals surface area contributed by atoms with Crippen molar-refractivity contribution in [3.63, 3.8) is 0 Å². The molecule has 5 nitrogen and oxygen atoms in total. The predicted octanol–water partition coefficient (Wildman–Crippen LogP) is 4.82. The summed E-state index contributed by atoms with van der Waals surface area (Å²) in [5, 5.41) is 6.96. The summed E-state index contributed by atoms with van der Waals surface area (Å²) >= 11 is 0. The molecule has 2 aliphatic rings. The largest absolute Gasteiger partial charge is 0.490 e. The van der Waals surface area contributed by atoms with Gasteiger partial charge in [-0.2, -0.15) is 0 Å². The number of amides is 1. The lowest BCUT2D eigenvalue weighted by Gasteiger charge is -2.23. The lowest BCUT2D eigenvalue weighted by Crippen LogP contribution is -2.19. The normalized spacial score (nSPS) is 18.1. The minimum Gasteiger partial charge on any atom is -0.490 e. The van der Waals surface area contributed by atoms with E-state index in [1.807, 2.05) is 31.2 Å². The van der Waals surface area contributed by atoms with Crippen LogP contribution in [0.1, 0.15) is 72.7 Å². The van der Waals surface area contributed by atoms with E-state index in [1.54, 1.807) is 0 Å². The zero-order chi connectivity index (χ0) is 17.2. The van der Waals surface area contributed by atoms with E-state index in [0.717, 1.165) is 48.6 Å². The molecule has 1 aromatic heterocycles. The fraction of sp³-hybridized carbons (Fsp3) is 0.500. The molecule has 0 unspecified atom stereocenters. The van der Waals surface area contributed by atoms with Crippen LogP contribution >= 0.6 is 0 Å². The van der Waals surface area contributed by atoms with Crippen molar-refractivity contribution >= 4 is 11.6 Å². The lowest BCUT2D eigenvalue weighted by atomic mass is 9.98. The number of nitrogens with one attached hydrogen (secondary N) is 1. The summed E-state index contributed by atoms with van der Waals surface area (Å²) in [7, 11) is 0. The lowest BCUT2D eigenvalue weighted by molar-refractivity contribution is 0.102. The zero-order valence-corrected chi connectivity index (χ0v) is 14.6. The molecule has 2 aliphatic carbocycles. The van der Waals surface area contributed by atoms with E-state index < -0.39 is 0 Å². The van der Waals surface area contributed by atoms with E-state index in [0.29, 0.717) is 17.6 Å². The number of ether oxygens (including phenoxy) is 1. The highest BCUT2D eigenvalue weighted by Gasteiger charge is 2.32. The van der Waals surface area contributed by atoms with Gasteiger partial charge in [-0.3, -0.25) is 4.79 Å². The van der Waals surface area contributed by atoms with Gasteiger partial charge < -0.3 is 14.6 Å². The molecule has 0 spiro atoms. The summed E-state index contributed by atoms with van der Waals surface area (Å²) in [6.45, 7) is 1.85. The quantitative estimate of drug-likeness (QED) is 0.847. The Bertz CT molecular complexity index is 741. The van der Waals surface area contributed by atoms with Gasteiger partial charge in [0.25, 0.3) is 5.91 Å². The molecule has 0 saturated heterocycles. The summed E-state index contributed by atoms with van der Waals surface area (Å²) < 4.78 is 11.4. The van der Waals surface area contributed by atoms with Gasteiger partial charge in [0.1, 0.15) is 17.1 Å². The molecule has 1 aromatic carbocycles. The molecule has 5 heteroatoms. The molecule has 25 heavy (non-hydrogen) atoms. The Morgan fingerprint density at radius 2 is 1.84 bits per heavy atom. The Labute approximate surface area is 147 Å². The van der Waals surface area contributed by atoms with Crippen LogP contribution in [0, 0.1) is 6.92 Å². The van der Waals surface area contributed by atoms with Crippen molar-refractivity contribution < 1.29 is 14.1 Å². The number of benzene rings is 1. The van der Waals surface area contributed by atoms with Crippen LogP contribution in [0.3, 0.4) is 0 Å². The van der Waals surface area contributed by atoms with E-state index in [4.69, 9.17) is 9.26 Å². The Hall–Kier alpha value is -2.30. The van der Waals surface area contributed by atoms with E-state index in [1.165, 1.54) is 19.3 Å². The van der Waals surface area contributed by atoms with Crippen LogP contribution < -0.4 is 10.1 Å². The maximum atomic E-state index is 12.5. The minimum atomic E-state index is -0.141. The number of rotatable bonds is 5. The summed E-state index contributed by atoms with van der Waals surface area (Å²) in [4.78, 5) is 12.5. The second-order valence-corrected chi connectivity index (χ2v) is 7.14. The third kappa shape index (κ3) is 3.70. The number of anilines is 1. The highest BCUT2D eigenvalue weighted by molar-refractivity contribution is 6.04. The summed E-state index contributed by atoms with van der Waals surface area (Å²) in [6.07, 6.45) is 8.56. The van der Waals surface area contributed by atoms with Gasteiger partial charge in [0.15, 0.2) is 5.76 Å². The van der Waals surface area contributed by atoms with Crippen LogP contribution in [-0.4, -0.2) is 17.2 Å². The first-order chi connectivity index (χ1) is 12.2. The van der Waals surface area contributed by atoms with Gasteiger partial charge in [-0.15, -0.1) is 0 Å². The smallest absolute Gasteiger partial charge is 0.255 e.